The van der Waals surface area contributed by atoms with Crippen molar-refractivity contribution in [3.05, 3.63) is 0 Å². The summed E-state index contributed by atoms with van der Waals surface area (Å²) in [5.41, 5.74) is -0.787. The smallest absolute Gasteiger partial charge is 0.309 e. The van der Waals surface area contributed by atoms with Gasteiger partial charge in [0.1, 0.15) is 0 Å². The summed E-state index contributed by atoms with van der Waals surface area (Å²) in [6.07, 6.45) is 1.70. The van der Waals surface area contributed by atoms with Gasteiger partial charge in [0, 0.05) is 0 Å². The van der Waals surface area contributed by atoms with E-state index >= 15 is 0 Å². The van der Waals surface area contributed by atoms with E-state index in [1.165, 1.54) is 0 Å². The third kappa shape index (κ3) is 1.94. The first-order chi connectivity index (χ1) is 6.24. The number of rotatable bonds is 5. The average molecular weight is 200 g/mol. The van der Waals surface area contributed by atoms with Crippen molar-refractivity contribution >= 4 is 5.97 Å². The first-order valence-corrected chi connectivity index (χ1v) is 5.47. The van der Waals surface area contributed by atoms with Crippen LogP contribution in [0.25, 0.3) is 0 Å². The van der Waals surface area contributed by atoms with Crippen LogP contribution in [0, 0.1) is 16.7 Å². The summed E-state index contributed by atoms with van der Waals surface area (Å²) in [6.45, 7) is 12.2. The van der Waals surface area contributed by atoms with Gasteiger partial charge in [-0.15, -0.1) is 0 Å². The predicted molar refractivity (Wildman–Crippen MR) is 59.3 cm³/mol. The second kappa shape index (κ2) is 4.33. The standard InChI is InChI=1S/C12H24O2/c1-7-9(3)11(4,5)12(6,8-2)10(13)14/h9H,7-8H2,1-6H3,(H,13,14). The van der Waals surface area contributed by atoms with E-state index in [-0.39, 0.29) is 5.41 Å². The van der Waals surface area contributed by atoms with Crippen molar-refractivity contribution in [3.8, 4) is 0 Å². The zero-order chi connectivity index (χ0) is 11.6. The van der Waals surface area contributed by atoms with Crippen molar-refractivity contribution in [1.82, 2.24) is 0 Å². The summed E-state index contributed by atoms with van der Waals surface area (Å²) in [4.78, 5) is 11.3. The van der Waals surface area contributed by atoms with E-state index < -0.39 is 11.4 Å². The van der Waals surface area contributed by atoms with Gasteiger partial charge in [-0.1, -0.05) is 41.0 Å². The maximum atomic E-state index is 11.3. The normalized spacial score (nSPS) is 18.7. The van der Waals surface area contributed by atoms with Gasteiger partial charge in [0.05, 0.1) is 5.41 Å². The molecule has 0 radical (unpaired) electrons. The van der Waals surface area contributed by atoms with Gasteiger partial charge in [0.25, 0.3) is 0 Å². The van der Waals surface area contributed by atoms with Crippen molar-refractivity contribution in [2.24, 2.45) is 16.7 Å². The number of hydrogen-bond donors (Lipinski definition) is 1. The Kier molecular flexibility index (Phi) is 4.16. The van der Waals surface area contributed by atoms with Crippen LogP contribution in [-0.4, -0.2) is 11.1 Å². The quantitative estimate of drug-likeness (QED) is 0.736. The molecule has 0 aromatic carbocycles. The first-order valence-electron chi connectivity index (χ1n) is 5.47. The lowest BCUT2D eigenvalue weighted by Crippen LogP contribution is -2.45. The van der Waals surface area contributed by atoms with E-state index in [0.717, 1.165) is 6.42 Å². The highest BCUT2D eigenvalue weighted by Crippen LogP contribution is 2.48. The minimum absolute atomic E-state index is 0.164. The Morgan fingerprint density at radius 2 is 1.71 bits per heavy atom. The summed E-state index contributed by atoms with van der Waals surface area (Å²) in [6, 6.07) is 0. The molecule has 0 aliphatic heterocycles. The van der Waals surface area contributed by atoms with Crippen LogP contribution in [0.2, 0.25) is 0 Å². The van der Waals surface area contributed by atoms with Crippen molar-refractivity contribution in [2.75, 3.05) is 0 Å². The summed E-state index contributed by atoms with van der Waals surface area (Å²) < 4.78 is 0. The van der Waals surface area contributed by atoms with Crippen molar-refractivity contribution in [3.63, 3.8) is 0 Å². The first kappa shape index (κ1) is 13.5. The topological polar surface area (TPSA) is 37.3 Å². The molecule has 84 valence electrons. The van der Waals surface area contributed by atoms with Crippen LogP contribution < -0.4 is 0 Å². The van der Waals surface area contributed by atoms with Crippen LogP contribution in [-0.2, 0) is 4.79 Å². The monoisotopic (exact) mass is 200 g/mol. The zero-order valence-corrected chi connectivity index (χ0v) is 10.3. The summed E-state index contributed by atoms with van der Waals surface area (Å²) >= 11 is 0. The Balaban J connectivity index is 5.10. The molecule has 0 aliphatic rings. The molecule has 2 heteroatoms. The molecule has 0 saturated heterocycles. The Morgan fingerprint density at radius 3 is 1.93 bits per heavy atom. The van der Waals surface area contributed by atoms with Gasteiger partial charge in [-0.2, -0.15) is 0 Å². The molecule has 2 atom stereocenters. The van der Waals surface area contributed by atoms with Gasteiger partial charge in [-0.25, -0.2) is 0 Å². The molecular formula is C12H24O2. The summed E-state index contributed by atoms with van der Waals surface area (Å²) in [7, 11) is 0. The third-order valence-electron chi connectivity index (χ3n) is 4.45. The highest BCUT2D eigenvalue weighted by Gasteiger charge is 2.48. The van der Waals surface area contributed by atoms with E-state index in [9.17, 15) is 9.90 Å². The maximum Gasteiger partial charge on any atom is 0.309 e. The Bertz CT molecular complexity index is 208. The molecule has 0 heterocycles. The van der Waals surface area contributed by atoms with Crippen LogP contribution in [0.1, 0.15) is 54.4 Å². The lowest BCUT2D eigenvalue weighted by molar-refractivity contribution is -0.158. The van der Waals surface area contributed by atoms with Crippen molar-refractivity contribution < 1.29 is 9.90 Å². The van der Waals surface area contributed by atoms with E-state index in [4.69, 9.17) is 0 Å². The Morgan fingerprint density at radius 1 is 1.29 bits per heavy atom. The van der Waals surface area contributed by atoms with Gasteiger partial charge >= 0.3 is 5.97 Å². The number of carboxylic acids is 1. The van der Waals surface area contributed by atoms with Crippen LogP contribution in [0.3, 0.4) is 0 Å². The van der Waals surface area contributed by atoms with Gasteiger partial charge in [-0.3, -0.25) is 4.79 Å². The molecule has 2 nitrogen and oxygen atoms in total. The molecule has 0 aromatic rings. The fourth-order valence-corrected chi connectivity index (χ4v) is 1.94. The molecular weight excluding hydrogens is 176 g/mol. The molecule has 0 fully saturated rings. The van der Waals surface area contributed by atoms with Gasteiger partial charge in [0.15, 0.2) is 0 Å². The Hall–Kier alpha value is -0.530. The van der Waals surface area contributed by atoms with Crippen LogP contribution >= 0.6 is 0 Å². The van der Waals surface area contributed by atoms with Crippen molar-refractivity contribution in [2.45, 2.75) is 54.4 Å². The highest BCUT2D eigenvalue weighted by molar-refractivity contribution is 5.75. The molecule has 2 unspecified atom stereocenters. The molecule has 0 aliphatic carbocycles. The van der Waals surface area contributed by atoms with Gasteiger partial charge < -0.3 is 5.11 Å². The molecule has 0 spiro atoms. The second-order valence-electron chi connectivity index (χ2n) is 5.02. The average Bonchev–Trinajstić information content (AvgIpc) is 2.14. The predicted octanol–water partition coefficient (Wildman–Crippen LogP) is 3.56. The number of aliphatic carboxylic acids is 1. The fourth-order valence-electron chi connectivity index (χ4n) is 1.94. The van der Waals surface area contributed by atoms with E-state index in [2.05, 4.69) is 27.7 Å². The number of hydrogen-bond acceptors (Lipinski definition) is 1. The minimum atomic E-state index is -0.676. The molecule has 14 heavy (non-hydrogen) atoms. The number of carboxylic acid groups (broad SMARTS) is 1. The van der Waals surface area contributed by atoms with Crippen LogP contribution in [0.15, 0.2) is 0 Å². The molecule has 1 N–H and O–H groups in total. The van der Waals surface area contributed by atoms with Crippen LogP contribution in [0.4, 0.5) is 0 Å². The molecule has 0 rings (SSSR count). The van der Waals surface area contributed by atoms with Gasteiger partial charge in [0.2, 0.25) is 0 Å². The molecule has 0 amide bonds. The Labute approximate surface area is 87.7 Å². The minimum Gasteiger partial charge on any atom is -0.481 e. The largest absolute Gasteiger partial charge is 0.481 e. The third-order valence-corrected chi connectivity index (χ3v) is 4.45. The lowest BCUT2D eigenvalue weighted by Gasteiger charge is -2.44. The summed E-state index contributed by atoms with van der Waals surface area (Å²) in [5, 5.41) is 9.31. The SMILES string of the molecule is CCC(C)C(C)(C)C(C)(CC)C(=O)O. The summed E-state index contributed by atoms with van der Waals surface area (Å²) in [5.74, 6) is -0.256. The lowest BCUT2D eigenvalue weighted by atomic mass is 9.59. The van der Waals surface area contributed by atoms with E-state index in [1.807, 2.05) is 13.8 Å². The molecule has 0 aromatic heterocycles. The molecule has 0 saturated carbocycles. The fraction of sp³-hybridized carbons (Fsp3) is 0.917. The highest BCUT2D eigenvalue weighted by atomic mass is 16.4. The molecule has 0 bridgehead atoms. The van der Waals surface area contributed by atoms with Crippen molar-refractivity contribution in [1.29, 1.82) is 0 Å². The van der Waals surface area contributed by atoms with E-state index in [1.54, 1.807) is 0 Å². The second-order valence-corrected chi connectivity index (χ2v) is 5.02. The van der Waals surface area contributed by atoms with Gasteiger partial charge in [-0.05, 0) is 24.7 Å². The maximum absolute atomic E-state index is 11.3. The van der Waals surface area contributed by atoms with E-state index in [0.29, 0.717) is 12.3 Å². The number of carbonyl (C=O) groups is 1. The van der Waals surface area contributed by atoms with Crippen LogP contribution in [0.5, 0.6) is 0 Å². The zero-order valence-electron chi connectivity index (χ0n) is 10.3.